The van der Waals surface area contributed by atoms with Crippen LogP contribution in [-0.2, 0) is 9.59 Å². The van der Waals surface area contributed by atoms with E-state index in [0.29, 0.717) is 12.8 Å². The third-order valence-electron chi connectivity index (χ3n) is 8.57. The van der Waals surface area contributed by atoms with Crippen molar-refractivity contribution in [2.24, 2.45) is 34.5 Å². The van der Waals surface area contributed by atoms with Crippen LogP contribution in [0.1, 0.15) is 46.5 Å². The first-order valence-corrected chi connectivity index (χ1v) is 10.1. The Morgan fingerprint density at radius 2 is 2.04 bits per heavy atom. The van der Waals surface area contributed by atoms with E-state index in [2.05, 4.69) is 13.8 Å². The quantitative estimate of drug-likeness (QED) is 0.685. The second-order valence-electron chi connectivity index (χ2n) is 9.72. The minimum absolute atomic E-state index is 0.00620. The molecule has 0 bridgehead atoms. The van der Waals surface area contributed by atoms with Crippen molar-refractivity contribution in [3.05, 3.63) is 23.8 Å². The summed E-state index contributed by atoms with van der Waals surface area (Å²) in [4.78, 5) is 24.4. The van der Waals surface area contributed by atoms with Crippen LogP contribution in [0.2, 0.25) is 0 Å². The number of aliphatic hydroxyl groups is 3. The highest BCUT2D eigenvalue weighted by molar-refractivity contribution is 6.01. The lowest BCUT2D eigenvalue weighted by Gasteiger charge is -2.60. The van der Waals surface area contributed by atoms with Crippen LogP contribution < -0.4 is 0 Å². The summed E-state index contributed by atoms with van der Waals surface area (Å²) in [6.45, 7) is 5.48. The molecule has 8 atom stereocenters. The first-order chi connectivity index (χ1) is 12.6. The van der Waals surface area contributed by atoms with Gasteiger partial charge in [0.2, 0.25) is 0 Å². The predicted octanol–water partition coefficient (Wildman–Crippen LogP) is 1.80. The molecule has 0 aliphatic heterocycles. The molecule has 0 aromatic carbocycles. The Labute approximate surface area is 160 Å². The molecule has 5 nitrogen and oxygen atoms in total. The maximum atomic E-state index is 12.4. The third kappa shape index (κ3) is 2.28. The molecule has 0 radical (unpaired) electrons. The summed E-state index contributed by atoms with van der Waals surface area (Å²) in [7, 11) is 0. The SMILES string of the molecule is C[C@H]1C[C@@H]2C3CC[C@](O)(C(=O)CO)[C@@]3(C)CC(O)[C@H]2[C@@]2(C)C=CC(=O)C=C12. The molecule has 3 fully saturated rings. The van der Waals surface area contributed by atoms with Crippen molar-refractivity contribution in [2.45, 2.75) is 58.2 Å². The minimum atomic E-state index is -1.57. The van der Waals surface area contributed by atoms with Gasteiger partial charge in [-0.2, -0.15) is 0 Å². The fraction of sp³-hybridized carbons (Fsp3) is 0.727. The molecular weight excluding hydrogens is 344 g/mol. The highest BCUT2D eigenvalue weighted by Crippen LogP contribution is 2.67. The number of ketones is 2. The normalized spacial score (nSPS) is 51.3. The van der Waals surface area contributed by atoms with E-state index in [1.807, 2.05) is 13.0 Å². The maximum Gasteiger partial charge on any atom is 0.190 e. The largest absolute Gasteiger partial charge is 0.393 e. The van der Waals surface area contributed by atoms with Gasteiger partial charge < -0.3 is 15.3 Å². The zero-order valence-corrected chi connectivity index (χ0v) is 16.3. The molecule has 4 aliphatic rings. The van der Waals surface area contributed by atoms with Gasteiger partial charge in [-0.15, -0.1) is 0 Å². The van der Waals surface area contributed by atoms with Crippen LogP contribution >= 0.6 is 0 Å². The lowest BCUT2D eigenvalue weighted by atomic mass is 9.45. The van der Waals surface area contributed by atoms with E-state index in [0.717, 1.165) is 18.4 Å². The van der Waals surface area contributed by atoms with Gasteiger partial charge in [0.05, 0.1) is 6.10 Å². The van der Waals surface area contributed by atoms with Crippen molar-refractivity contribution in [2.75, 3.05) is 6.61 Å². The first kappa shape index (κ1) is 19.0. The summed E-state index contributed by atoms with van der Waals surface area (Å²) in [5.74, 6) is -0.0768. The van der Waals surface area contributed by atoms with Gasteiger partial charge in [-0.25, -0.2) is 0 Å². The molecule has 4 rings (SSSR count). The molecule has 0 saturated heterocycles. The van der Waals surface area contributed by atoms with Crippen molar-refractivity contribution in [3.63, 3.8) is 0 Å². The van der Waals surface area contributed by atoms with E-state index in [9.17, 15) is 24.9 Å². The van der Waals surface area contributed by atoms with E-state index in [-0.39, 0.29) is 34.9 Å². The van der Waals surface area contributed by atoms with Crippen LogP contribution in [0, 0.1) is 34.5 Å². The number of carbonyl (C=O) groups is 2. The number of fused-ring (bicyclic) bond motifs is 5. The van der Waals surface area contributed by atoms with Crippen LogP contribution in [0.4, 0.5) is 0 Å². The van der Waals surface area contributed by atoms with Crippen molar-refractivity contribution in [3.8, 4) is 0 Å². The fourth-order valence-corrected chi connectivity index (χ4v) is 7.34. The molecule has 0 aromatic rings. The molecule has 5 heteroatoms. The van der Waals surface area contributed by atoms with Gasteiger partial charge in [0.25, 0.3) is 0 Å². The molecule has 148 valence electrons. The second-order valence-corrected chi connectivity index (χ2v) is 9.72. The van der Waals surface area contributed by atoms with E-state index in [1.54, 1.807) is 12.2 Å². The number of hydrogen-bond donors (Lipinski definition) is 3. The fourth-order valence-electron chi connectivity index (χ4n) is 7.34. The Bertz CT molecular complexity index is 754. The van der Waals surface area contributed by atoms with Gasteiger partial charge in [0, 0.05) is 16.7 Å². The van der Waals surface area contributed by atoms with Crippen molar-refractivity contribution >= 4 is 11.6 Å². The topological polar surface area (TPSA) is 94.8 Å². The Hall–Kier alpha value is -1.30. The van der Waals surface area contributed by atoms with E-state index in [1.165, 1.54) is 0 Å². The predicted molar refractivity (Wildman–Crippen MR) is 99.6 cm³/mol. The van der Waals surface area contributed by atoms with Gasteiger partial charge >= 0.3 is 0 Å². The summed E-state index contributed by atoms with van der Waals surface area (Å²) in [6.07, 6.45) is 6.87. The van der Waals surface area contributed by atoms with E-state index < -0.39 is 29.5 Å². The van der Waals surface area contributed by atoms with Crippen LogP contribution in [0.3, 0.4) is 0 Å². The minimum Gasteiger partial charge on any atom is -0.393 e. The Kier molecular flexibility index (Phi) is 4.12. The standard InChI is InChI=1S/C22H30O5/c1-12-8-14-15-5-7-22(27,18(26)11-23)21(15,3)10-17(25)19(14)20(2)6-4-13(24)9-16(12)20/h4,6,9,12,14-15,17,19,23,25,27H,5,7-8,10-11H2,1-3H3/t12-,14+,15?,17?,19-,20-,21-,22-/m0/s1. The van der Waals surface area contributed by atoms with Crippen molar-refractivity contribution in [1.29, 1.82) is 0 Å². The summed E-state index contributed by atoms with van der Waals surface area (Å²) in [6, 6.07) is 0. The smallest absolute Gasteiger partial charge is 0.190 e. The maximum absolute atomic E-state index is 12.4. The molecule has 0 heterocycles. The number of allylic oxidation sites excluding steroid dienone is 4. The van der Waals surface area contributed by atoms with Crippen LogP contribution in [0.15, 0.2) is 23.8 Å². The molecule has 0 spiro atoms. The average molecular weight is 374 g/mol. The van der Waals surface area contributed by atoms with Crippen LogP contribution in [0.25, 0.3) is 0 Å². The van der Waals surface area contributed by atoms with Gasteiger partial charge in [-0.1, -0.05) is 32.4 Å². The monoisotopic (exact) mass is 374 g/mol. The number of hydrogen-bond acceptors (Lipinski definition) is 5. The molecule has 2 unspecified atom stereocenters. The molecule has 3 N–H and O–H groups in total. The van der Waals surface area contributed by atoms with Gasteiger partial charge in [-0.05, 0) is 55.6 Å². The zero-order valence-electron chi connectivity index (χ0n) is 16.3. The Morgan fingerprint density at radius 3 is 2.70 bits per heavy atom. The van der Waals surface area contributed by atoms with Crippen LogP contribution in [-0.4, -0.2) is 45.2 Å². The molecule has 0 aromatic heterocycles. The van der Waals surface area contributed by atoms with E-state index in [4.69, 9.17) is 0 Å². The lowest BCUT2D eigenvalue weighted by molar-refractivity contribution is -0.180. The van der Waals surface area contributed by atoms with Crippen molar-refractivity contribution < 1.29 is 24.9 Å². The number of Topliss-reactive ketones (excluding diaryl/α,β-unsaturated/α-hetero) is 1. The molecule has 3 saturated carbocycles. The Balaban J connectivity index is 1.78. The number of carbonyl (C=O) groups excluding carboxylic acids is 2. The molecule has 0 amide bonds. The van der Waals surface area contributed by atoms with Crippen LogP contribution in [0.5, 0.6) is 0 Å². The van der Waals surface area contributed by atoms with Gasteiger partial charge in [0.1, 0.15) is 12.2 Å². The van der Waals surface area contributed by atoms with Gasteiger partial charge in [-0.3, -0.25) is 9.59 Å². The summed E-state index contributed by atoms with van der Waals surface area (Å²) in [5, 5.41) is 31.9. The molecule has 4 aliphatic carbocycles. The van der Waals surface area contributed by atoms with Gasteiger partial charge in [0.15, 0.2) is 11.6 Å². The third-order valence-corrected chi connectivity index (χ3v) is 8.57. The Morgan fingerprint density at radius 1 is 1.33 bits per heavy atom. The van der Waals surface area contributed by atoms with Crippen molar-refractivity contribution in [1.82, 2.24) is 0 Å². The second kappa shape index (κ2) is 5.85. The highest BCUT2D eigenvalue weighted by atomic mass is 16.3. The number of rotatable bonds is 2. The first-order valence-electron chi connectivity index (χ1n) is 10.1. The van der Waals surface area contributed by atoms with E-state index >= 15 is 0 Å². The number of aliphatic hydroxyl groups excluding tert-OH is 2. The molecular formula is C22H30O5. The summed E-state index contributed by atoms with van der Waals surface area (Å²) >= 11 is 0. The molecule has 27 heavy (non-hydrogen) atoms. The summed E-state index contributed by atoms with van der Waals surface area (Å²) < 4.78 is 0. The summed E-state index contributed by atoms with van der Waals surface area (Å²) in [5.41, 5.74) is -1.59. The zero-order chi connectivity index (χ0) is 19.8. The average Bonchev–Trinajstić information content (AvgIpc) is 2.87. The highest BCUT2D eigenvalue weighted by Gasteiger charge is 2.68. The lowest BCUT2D eigenvalue weighted by Crippen LogP contribution is -2.62.